The van der Waals surface area contributed by atoms with E-state index in [1.165, 1.54) is 12.4 Å². The lowest BCUT2D eigenvalue weighted by atomic mass is 9.95. The fourth-order valence-electron chi connectivity index (χ4n) is 2.89. The number of aromatic nitrogens is 2. The predicted molar refractivity (Wildman–Crippen MR) is 74.9 cm³/mol. The van der Waals surface area contributed by atoms with Crippen molar-refractivity contribution in [2.24, 2.45) is 0 Å². The largest absolute Gasteiger partial charge is 0.379 e. The molecule has 1 N–H and O–H groups in total. The normalized spacial score (nSPS) is 26.7. The first-order valence-corrected chi connectivity index (χ1v) is 7.25. The van der Waals surface area contributed by atoms with Crippen molar-refractivity contribution in [2.45, 2.75) is 12.0 Å². The van der Waals surface area contributed by atoms with Gasteiger partial charge in [0.25, 0.3) is 5.91 Å². The van der Waals surface area contributed by atoms with Crippen LogP contribution in [0.15, 0.2) is 18.6 Å². The SMILES string of the molecule is O=C(NCC1(N2CCOCC2)CCOC1)c1cnccn1. The summed E-state index contributed by atoms with van der Waals surface area (Å²) in [6, 6.07) is 0. The summed E-state index contributed by atoms with van der Waals surface area (Å²) in [4.78, 5) is 22.4. The van der Waals surface area contributed by atoms with E-state index >= 15 is 0 Å². The van der Waals surface area contributed by atoms with E-state index in [4.69, 9.17) is 9.47 Å². The van der Waals surface area contributed by atoms with E-state index in [0.717, 1.165) is 39.3 Å². The molecule has 0 aromatic carbocycles. The Hall–Kier alpha value is -1.57. The molecule has 3 rings (SSSR count). The average Bonchev–Trinajstić information content (AvgIpc) is 3.04. The molecular weight excluding hydrogens is 272 g/mol. The maximum Gasteiger partial charge on any atom is 0.271 e. The quantitative estimate of drug-likeness (QED) is 0.821. The number of rotatable bonds is 4. The Kier molecular flexibility index (Phi) is 4.42. The Balaban J connectivity index is 1.64. The van der Waals surface area contributed by atoms with E-state index in [0.29, 0.717) is 18.8 Å². The van der Waals surface area contributed by atoms with E-state index in [9.17, 15) is 4.79 Å². The molecule has 0 radical (unpaired) electrons. The number of ether oxygens (including phenoxy) is 2. The van der Waals surface area contributed by atoms with Gasteiger partial charge in [-0.1, -0.05) is 0 Å². The second-order valence-electron chi connectivity index (χ2n) is 5.40. The Morgan fingerprint density at radius 2 is 2.14 bits per heavy atom. The number of carbonyl (C=O) groups is 1. The molecule has 2 fully saturated rings. The zero-order valence-corrected chi connectivity index (χ0v) is 12.0. The summed E-state index contributed by atoms with van der Waals surface area (Å²) in [7, 11) is 0. The molecule has 21 heavy (non-hydrogen) atoms. The van der Waals surface area contributed by atoms with Gasteiger partial charge in [0, 0.05) is 38.6 Å². The van der Waals surface area contributed by atoms with Crippen LogP contribution in [0.2, 0.25) is 0 Å². The van der Waals surface area contributed by atoms with Crippen molar-refractivity contribution in [2.75, 3.05) is 46.1 Å². The summed E-state index contributed by atoms with van der Waals surface area (Å²) in [5.41, 5.74) is 0.218. The first kappa shape index (κ1) is 14.4. The zero-order chi connectivity index (χ0) is 14.5. The van der Waals surface area contributed by atoms with E-state index in [1.807, 2.05) is 0 Å². The zero-order valence-electron chi connectivity index (χ0n) is 12.0. The van der Waals surface area contributed by atoms with Crippen molar-refractivity contribution in [3.05, 3.63) is 24.3 Å². The summed E-state index contributed by atoms with van der Waals surface area (Å²) in [5.74, 6) is -0.192. The minimum absolute atomic E-state index is 0.123. The van der Waals surface area contributed by atoms with Crippen LogP contribution >= 0.6 is 0 Å². The van der Waals surface area contributed by atoms with Crippen LogP contribution < -0.4 is 5.32 Å². The fourth-order valence-corrected chi connectivity index (χ4v) is 2.89. The Morgan fingerprint density at radius 1 is 1.29 bits per heavy atom. The molecule has 0 aliphatic carbocycles. The van der Waals surface area contributed by atoms with Gasteiger partial charge < -0.3 is 14.8 Å². The topological polar surface area (TPSA) is 76.6 Å². The van der Waals surface area contributed by atoms with Crippen molar-refractivity contribution < 1.29 is 14.3 Å². The first-order chi connectivity index (χ1) is 10.3. The minimum Gasteiger partial charge on any atom is -0.379 e. The highest BCUT2D eigenvalue weighted by molar-refractivity contribution is 5.91. The molecule has 1 aromatic rings. The van der Waals surface area contributed by atoms with Crippen LogP contribution in [0, 0.1) is 0 Å². The smallest absolute Gasteiger partial charge is 0.271 e. The van der Waals surface area contributed by atoms with Gasteiger partial charge in [-0.2, -0.15) is 0 Å². The summed E-state index contributed by atoms with van der Waals surface area (Å²) in [6.07, 6.45) is 5.47. The Morgan fingerprint density at radius 3 is 2.81 bits per heavy atom. The number of hydrogen-bond donors (Lipinski definition) is 1. The van der Waals surface area contributed by atoms with Gasteiger partial charge in [0.2, 0.25) is 0 Å². The predicted octanol–water partition coefficient (Wildman–Crippen LogP) is -0.302. The number of morpholine rings is 1. The molecule has 0 saturated carbocycles. The molecular formula is C14H20N4O3. The van der Waals surface area contributed by atoms with Crippen LogP contribution in [0.25, 0.3) is 0 Å². The first-order valence-electron chi connectivity index (χ1n) is 7.25. The summed E-state index contributed by atoms with van der Waals surface area (Å²) in [5, 5.41) is 2.98. The van der Waals surface area contributed by atoms with Gasteiger partial charge in [-0.3, -0.25) is 14.7 Å². The monoisotopic (exact) mass is 292 g/mol. The number of nitrogens with one attached hydrogen (secondary N) is 1. The highest BCUT2D eigenvalue weighted by atomic mass is 16.5. The van der Waals surface area contributed by atoms with Gasteiger partial charge in [0.1, 0.15) is 5.69 Å². The lowest BCUT2D eigenvalue weighted by molar-refractivity contribution is -0.0250. The third-order valence-electron chi connectivity index (χ3n) is 4.14. The van der Waals surface area contributed by atoms with Gasteiger partial charge in [-0.15, -0.1) is 0 Å². The molecule has 114 valence electrons. The summed E-state index contributed by atoms with van der Waals surface area (Å²) >= 11 is 0. The average molecular weight is 292 g/mol. The van der Waals surface area contributed by atoms with Crippen molar-refractivity contribution >= 4 is 5.91 Å². The van der Waals surface area contributed by atoms with Crippen molar-refractivity contribution in [1.29, 1.82) is 0 Å². The van der Waals surface area contributed by atoms with Crippen molar-refractivity contribution in [1.82, 2.24) is 20.2 Å². The third kappa shape index (κ3) is 3.20. The molecule has 3 heterocycles. The Labute approximate surface area is 123 Å². The molecule has 2 saturated heterocycles. The molecule has 7 nitrogen and oxygen atoms in total. The number of hydrogen-bond acceptors (Lipinski definition) is 6. The third-order valence-corrected chi connectivity index (χ3v) is 4.14. The van der Waals surface area contributed by atoms with Gasteiger partial charge in [0.05, 0.1) is 31.6 Å². The molecule has 0 bridgehead atoms. The number of nitrogens with zero attached hydrogens (tertiary/aromatic N) is 3. The van der Waals surface area contributed by atoms with Crippen LogP contribution in [0.1, 0.15) is 16.9 Å². The van der Waals surface area contributed by atoms with Gasteiger partial charge >= 0.3 is 0 Å². The molecule has 2 aliphatic heterocycles. The highest BCUT2D eigenvalue weighted by Crippen LogP contribution is 2.26. The molecule has 7 heteroatoms. The van der Waals surface area contributed by atoms with Crippen LogP contribution in [-0.4, -0.2) is 72.4 Å². The number of amides is 1. The van der Waals surface area contributed by atoms with E-state index in [-0.39, 0.29) is 11.4 Å². The van der Waals surface area contributed by atoms with Gasteiger partial charge in [0.15, 0.2) is 0 Å². The maximum absolute atomic E-state index is 12.1. The summed E-state index contributed by atoms with van der Waals surface area (Å²) in [6.45, 7) is 5.17. The van der Waals surface area contributed by atoms with Gasteiger partial charge in [-0.25, -0.2) is 4.98 Å². The second kappa shape index (κ2) is 6.46. The van der Waals surface area contributed by atoms with Crippen LogP contribution in [0.3, 0.4) is 0 Å². The van der Waals surface area contributed by atoms with Crippen LogP contribution in [0.4, 0.5) is 0 Å². The van der Waals surface area contributed by atoms with E-state index in [2.05, 4.69) is 20.2 Å². The molecule has 2 aliphatic rings. The van der Waals surface area contributed by atoms with Crippen LogP contribution in [0.5, 0.6) is 0 Å². The molecule has 0 spiro atoms. The fraction of sp³-hybridized carbons (Fsp3) is 0.643. The molecule has 1 amide bonds. The molecule has 1 aromatic heterocycles. The van der Waals surface area contributed by atoms with E-state index < -0.39 is 0 Å². The van der Waals surface area contributed by atoms with Crippen molar-refractivity contribution in [3.63, 3.8) is 0 Å². The van der Waals surface area contributed by atoms with Gasteiger partial charge in [-0.05, 0) is 6.42 Å². The van der Waals surface area contributed by atoms with Crippen molar-refractivity contribution in [3.8, 4) is 0 Å². The number of carbonyl (C=O) groups excluding carboxylic acids is 1. The lowest BCUT2D eigenvalue weighted by Crippen LogP contribution is -2.59. The van der Waals surface area contributed by atoms with E-state index in [1.54, 1.807) is 6.20 Å². The maximum atomic E-state index is 12.1. The molecule has 1 unspecified atom stereocenters. The summed E-state index contributed by atoms with van der Waals surface area (Å²) < 4.78 is 11.0. The highest BCUT2D eigenvalue weighted by Gasteiger charge is 2.41. The Bertz CT molecular complexity index is 470. The second-order valence-corrected chi connectivity index (χ2v) is 5.40. The minimum atomic E-state index is -0.192. The lowest BCUT2D eigenvalue weighted by Gasteiger charge is -2.42. The van der Waals surface area contributed by atoms with Crippen LogP contribution in [-0.2, 0) is 9.47 Å². The molecule has 1 atom stereocenters. The standard InChI is InChI=1S/C14H20N4O3/c19-13(12-9-15-2-3-16-12)17-10-14(1-6-21-11-14)18-4-7-20-8-5-18/h2-3,9H,1,4-8,10-11H2,(H,17,19).